The maximum atomic E-state index is 14.1. The van der Waals surface area contributed by atoms with Gasteiger partial charge >= 0.3 is 0 Å². The van der Waals surface area contributed by atoms with Crippen LogP contribution < -0.4 is 4.80 Å². The molecule has 1 saturated heterocycles. The molecule has 0 saturated carbocycles. The Hall–Kier alpha value is -2.32. The van der Waals surface area contributed by atoms with Crippen LogP contribution in [0.25, 0.3) is 10.6 Å². The quantitative estimate of drug-likeness (QED) is 0.565. The minimum atomic E-state index is -0.680. The summed E-state index contributed by atoms with van der Waals surface area (Å²) in [5.41, 5.74) is 1.14. The zero-order valence-corrected chi connectivity index (χ0v) is 16.7. The number of nitrogens with zero attached hydrogens (tertiary/aromatic N) is 3. The molecular weight excluding hydrogens is 400 g/mol. The van der Waals surface area contributed by atoms with E-state index in [1.165, 1.54) is 23.5 Å². The molecule has 1 fully saturated rings. The lowest BCUT2D eigenvalue weighted by atomic mass is 10.3. The Morgan fingerprint density at radius 1 is 1.14 bits per heavy atom. The van der Waals surface area contributed by atoms with E-state index in [2.05, 4.69) is 9.56 Å². The molecule has 4 rings (SSSR count). The highest BCUT2D eigenvalue weighted by atomic mass is 32.1. The molecule has 0 N–H and O–H groups in total. The van der Waals surface area contributed by atoms with Gasteiger partial charge in [0, 0.05) is 37.5 Å². The van der Waals surface area contributed by atoms with Crippen molar-refractivity contribution >= 4 is 34.3 Å². The minimum absolute atomic E-state index is 0.115. The van der Waals surface area contributed by atoms with Gasteiger partial charge in [-0.3, -0.25) is 4.79 Å². The lowest BCUT2D eigenvalue weighted by Gasteiger charge is -2.16. The number of amides is 1. The van der Waals surface area contributed by atoms with Gasteiger partial charge in [0.25, 0.3) is 0 Å². The normalized spacial score (nSPS) is 15.0. The number of carbonyl (C=O) groups is 1. The fraction of sp³-hybridized carbons (Fsp3) is 0.300. The van der Waals surface area contributed by atoms with Crippen molar-refractivity contribution in [2.45, 2.75) is 25.8 Å². The molecule has 3 aromatic rings. The van der Waals surface area contributed by atoms with Gasteiger partial charge in [-0.25, -0.2) is 13.8 Å². The van der Waals surface area contributed by atoms with E-state index in [0.717, 1.165) is 36.0 Å². The predicted molar refractivity (Wildman–Crippen MR) is 108 cm³/mol. The molecule has 0 unspecified atom stereocenters. The third kappa shape index (κ3) is 4.07. The molecule has 0 aliphatic carbocycles. The van der Waals surface area contributed by atoms with E-state index in [1.54, 1.807) is 11.3 Å². The Bertz CT molecular complexity index is 1040. The van der Waals surface area contributed by atoms with E-state index in [9.17, 15) is 13.6 Å². The monoisotopic (exact) mass is 419 g/mol. The van der Waals surface area contributed by atoms with Gasteiger partial charge in [0.05, 0.1) is 10.6 Å². The fourth-order valence-electron chi connectivity index (χ4n) is 3.29. The van der Waals surface area contributed by atoms with Gasteiger partial charge in [0.2, 0.25) is 5.91 Å². The summed E-state index contributed by atoms with van der Waals surface area (Å²) >= 11 is 3.06. The van der Waals surface area contributed by atoms with Crippen molar-refractivity contribution in [1.29, 1.82) is 0 Å². The summed E-state index contributed by atoms with van der Waals surface area (Å²) in [7, 11) is 0. The second-order valence-corrected chi connectivity index (χ2v) is 8.36. The molecule has 1 aliphatic heterocycles. The number of benzene rings is 1. The average Bonchev–Trinajstić information content (AvgIpc) is 3.40. The van der Waals surface area contributed by atoms with Crippen LogP contribution in [0.15, 0.2) is 46.1 Å². The summed E-state index contributed by atoms with van der Waals surface area (Å²) in [5.74, 6) is -1.09. The molecule has 0 atom stereocenters. The summed E-state index contributed by atoms with van der Waals surface area (Å²) < 4.78 is 29.3. The second kappa shape index (κ2) is 8.36. The molecule has 3 heterocycles. The fourth-order valence-corrected chi connectivity index (χ4v) is 5.06. The van der Waals surface area contributed by atoms with E-state index >= 15 is 0 Å². The second-order valence-electron chi connectivity index (χ2n) is 6.58. The highest BCUT2D eigenvalue weighted by Crippen LogP contribution is 2.26. The Labute approximate surface area is 169 Å². The first-order valence-corrected chi connectivity index (χ1v) is 10.9. The summed E-state index contributed by atoms with van der Waals surface area (Å²) in [6, 6.07) is 7.42. The van der Waals surface area contributed by atoms with Crippen LogP contribution in [-0.4, -0.2) is 28.5 Å². The Kier molecular flexibility index (Phi) is 5.68. The molecule has 0 radical (unpaired) electrons. The molecular formula is C20H19F2N3OS2. The van der Waals surface area contributed by atoms with Crippen LogP contribution >= 0.6 is 22.7 Å². The number of hydrogen-bond acceptors (Lipinski definition) is 4. The molecule has 1 aromatic carbocycles. The van der Waals surface area contributed by atoms with Crippen LogP contribution in [0.1, 0.15) is 19.3 Å². The minimum Gasteiger partial charge on any atom is -0.343 e. The molecule has 2 aromatic heterocycles. The van der Waals surface area contributed by atoms with Crippen LogP contribution in [0.2, 0.25) is 0 Å². The van der Waals surface area contributed by atoms with Gasteiger partial charge in [0.15, 0.2) is 10.6 Å². The standard InChI is InChI=1S/C20H19F2N3OS2/c21-14-6-7-16(15(22)12-14)23-20-25(10-3-9-24-8-1-5-19(24)26)17(13-28-20)18-4-2-11-27-18/h2,4,6-7,11-13H,1,3,5,8-10H2. The Balaban J connectivity index is 1.64. The number of thiophene rings is 1. The third-order valence-corrected chi connectivity index (χ3v) is 6.43. The van der Waals surface area contributed by atoms with Crippen molar-refractivity contribution in [3.05, 3.63) is 57.5 Å². The maximum Gasteiger partial charge on any atom is 0.222 e. The van der Waals surface area contributed by atoms with Crippen molar-refractivity contribution in [2.75, 3.05) is 13.1 Å². The molecule has 4 nitrogen and oxygen atoms in total. The number of likely N-dealkylation sites (tertiary alicyclic amines) is 1. The average molecular weight is 420 g/mol. The number of aromatic nitrogens is 1. The van der Waals surface area contributed by atoms with E-state index in [0.29, 0.717) is 24.3 Å². The number of hydrogen-bond donors (Lipinski definition) is 0. The maximum absolute atomic E-state index is 14.1. The number of halogens is 2. The molecule has 146 valence electrons. The number of carbonyl (C=O) groups excluding carboxylic acids is 1. The zero-order chi connectivity index (χ0) is 19.5. The van der Waals surface area contributed by atoms with Crippen LogP contribution in [0, 0.1) is 11.6 Å². The van der Waals surface area contributed by atoms with E-state index in [-0.39, 0.29) is 11.6 Å². The van der Waals surface area contributed by atoms with Gasteiger partial charge in [-0.1, -0.05) is 6.07 Å². The van der Waals surface area contributed by atoms with Crippen LogP contribution in [0.4, 0.5) is 14.5 Å². The predicted octanol–water partition coefficient (Wildman–Crippen LogP) is 4.80. The van der Waals surface area contributed by atoms with Crippen LogP contribution in [0.3, 0.4) is 0 Å². The first-order chi connectivity index (χ1) is 13.6. The molecule has 1 amide bonds. The smallest absolute Gasteiger partial charge is 0.222 e. The highest BCUT2D eigenvalue weighted by molar-refractivity contribution is 7.14. The topological polar surface area (TPSA) is 37.6 Å². The van der Waals surface area contributed by atoms with Gasteiger partial charge < -0.3 is 9.47 Å². The lowest BCUT2D eigenvalue weighted by molar-refractivity contribution is -0.127. The largest absolute Gasteiger partial charge is 0.343 e. The first kappa shape index (κ1) is 19.0. The van der Waals surface area contributed by atoms with Crippen LogP contribution in [0.5, 0.6) is 0 Å². The van der Waals surface area contributed by atoms with E-state index in [4.69, 9.17) is 0 Å². The third-order valence-electron chi connectivity index (χ3n) is 4.68. The molecule has 28 heavy (non-hydrogen) atoms. The van der Waals surface area contributed by atoms with Crippen molar-refractivity contribution in [3.63, 3.8) is 0 Å². The summed E-state index contributed by atoms with van der Waals surface area (Å²) in [4.78, 5) is 19.9. The van der Waals surface area contributed by atoms with Gasteiger partial charge in [-0.15, -0.1) is 22.7 Å². The van der Waals surface area contributed by atoms with Crippen LogP contribution in [-0.2, 0) is 11.3 Å². The summed E-state index contributed by atoms with van der Waals surface area (Å²) in [5, 5.41) is 4.02. The lowest BCUT2D eigenvalue weighted by Crippen LogP contribution is -2.27. The van der Waals surface area contributed by atoms with E-state index in [1.807, 2.05) is 27.8 Å². The summed E-state index contributed by atoms with van der Waals surface area (Å²) in [6.07, 6.45) is 2.35. The molecule has 0 bridgehead atoms. The zero-order valence-electron chi connectivity index (χ0n) is 15.1. The summed E-state index contributed by atoms with van der Waals surface area (Å²) in [6.45, 7) is 2.20. The molecule has 8 heteroatoms. The van der Waals surface area contributed by atoms with Crippen molar-refractivity contribution in [3.8, 4) is 10.6 Å². The van der Waals surface area contributed by atoms with Gasteiger partial charge in [0.1, 0.15) is 11.5 Å². The molecule has 1 aliphatic rings. The number of thiazole rings is 1. The SMILES string of the molecule is O=C1CCCN1CCCn1c(-c2cccs2)csc1=Nc1ccc(F)cc1F. The van der Waals surface area contributed by atoms with Crippen molar-refractivity contribution in [2.24, 2.45) is 4.99 Å². The van der Waals surface area contributed by atoms with Gasteiger partial charge in [-0.2, -0.15) is 0 Å². The van der Waals surface area contributed by atoms with Crippen molar-refractivity contribution < 1.29 is 13.6 Å². The Morgan fingerprint density at radius 3 is 2.75 bits per heavy atom. The molecule has 0 spiro atoms. The highest BCUT2D eigenvalue weighted by Gasteiger charge is 2.19. The van der Waals surface area contributed by atoms with Crippen molar-refractivity contribution in [1.82, 2.24) is 9.47 Å². The van der Waals surface area contributed by atoms with Gasteiger partial charge in [-0.05, 0) is 36.4 Å². The number of rotatable bonds is 6. The first-order valence-electron chi connectivity index (χ1n) is 9.11. The van der Waals surface area contributed by atoms with E-state index < -0.39 is 11.6 Å². The Morgan fingerprint density at radius 2 is 2.04 bits per heavy atom.